The van der Waals surface area contributed by atoms with Crippen LogP contribution in [0.1, 0.15) is 245 Å². The van der Waals surface area contributed by atoms with Gasteiger partial charge in [0.05, 0.1) is 27.7 Å². The normalized spacial score (nSPS) is 13.6. The fourth-order valence-corrected chi connectivity index (χ4v) is 8.12. The van der Waals surface area contributed by atoms with Crippen LogP contribution in [-0.2, 0) is 32.7 Å². The van der Waals surface area contributed by atoms with Gasteiger partial charge in [-0.25, -0.2) is 0 Å². The van der Waals surface area contributed by atoms with E-state index >= 15 is 0 Å². The van der Waals surface area contributed by atoms with E-state index in [0.29, 0.717) is 23.9 Å². The molecule has 0 aliphatic heterocycles. The van der Waals surface area contributed by atoms with Gasteiger partial charge in [-0.1, -0.05) is 212 Å². The lowest BCUT2D eigenvalue weighted by molar-refractivity contribution is -0.870. The third kappa shape index (κ3) is 48.0. The largest absolute Gasteiger partial charge is 0.756 e. The lowest BCUT2D eigenvalue weighted by Gasteiger charge is -2.28. The van der Waals surface area contributed by atoms with Gasteiger partial charge in [0, 0.05) is 12.8 Å². The highest BCUT2D eigenvalue weighted by atomic mass is 31.2. The van der Waals surface area contributed by atoms with Crippen molar-refractivity contribution < 1.29 is 42.1 Å². The number of likely N-dealkylation sites (N-methyl/N-ethyl adjacent to an activating group) is 1. The molecule has 0 spiro atoms. The van der Waals surface area contributed by atoms with E-state index in [2.05, 4.69) is 38.2 Å². The number of carbonyl (C=O) groups is 2. The average Bonchev–Trinajstić information content (AvgIpc) is 3.23. The second kappa shape index (κ2) is 44.7. The predicted octanol–water partition coefficient (Wildman–Crippen LogP) is 14.8. The molecule has 1 unspecified atom stereocenters. The number of hydrogen-bond donors (Lipinski definition) is 0. The summed E-state index contributed by atoms with van der Waals surface area (Å²) in [5.41, 5.74) is 0. The van der Waals surface area contributed by atoms with Gasteiger partial charge in [-0.3, -0.25) is 14.2 Å². The van der Waals surface area contributed by atoms with Gasteiger partial charge in [0.15, 0.2) is 6.10 Å². The summed E-state index contributed by atoms with van der Waals surface area (Å²) < 4.78 is 34.0. The zero-order chi connectivity index (χ0) is 45.7. The maximum absolute atomic E-state index is 12.7. The first-order chi connectivity index (χ1) is 30.0. The van der Waals surface area contributed by atoms with E-state index in [0.717, 1.165) is 51.4 Å². The maximum atomic E-state index is 12.7. The van der Waals surface area contributed by atoms with Crippen molar-refractivity contribution in [3.8, 4) is 0 Å². The van der Waals surface area contributed by atoms with Crippen LogP contribution in [0.4, 0.5) is 0 Å². The number of nitrogens with zero attached hydrogens (tertiary/aromatic N) is 1. The molecule has 0 amide bonds. The van der Waals surface area contributed by atoms with Crippen molar-refractivity contribution in [3.05, 3.63) is 24.3 Å². The number of phosphoric acid groups is 1. The molecule has 366 valence electrons. The standard InChI is InChI=1S/C52H100NO8P/c1-6-8-10-12-14-16-18-20-22-23-24-25-26-27-28-29-31-33-35-37-39-41-43-45-52(55)61-50(49-60-62(56,57)59-47-46-53(3,4)5)48-58-51(54)44-42-40-38-36-34-32-30-21-19-17-15-13-11-9-7-2/h15,17,21,30,50H,6-14,16,18-20,22-29,31-49H2,1-5H3/b17-15+,30-21+/t50-/m1/s1. The number of allylic oxidation sites excluding steroid dienone is 4. The van der Waals surface area contributed by atoms with Crippen LogP contribution in [0.25, 0.3) is 0 Å². The van der Waals surface area contributed by atoms with Crippen molar-refractivity contribution >= 4 is 19.8 Å². The summed E-state index contributed by atoms with van der Waals surface area (Å²) >= 11 is 0. The Labute approximate surface area is 383 Å². The molecule has 10 heteroatoms. The quantitative estimate of drug-likeness (QED) is 0.0195. The van der Waals surface area contributed by atoms with Crippen molar-refractivity contribution in [1.29, 1.82) is 0 Å². The summed E-state index contributed by atoms with van der Waals surface area (Å²) in [4.78, 5) is 37.7. The SMILES string of the molecule is CCCCC/C=C/C/C=C/CCCCCCCC(=O)OC[C@H](COP(=O)([O-])OCC[N+](C)(C)C)OC(=O)CCCCCCCCCCCCCCCCCCCCCCCCC. The molecule has 0 fully saturated rings. The topological polar surface area (TPSA) is 111 Å². The molecule has 0 aliphatic rings. The Bertz CT molecular complexity index is 1110. The van der Waals surface area contributed by atoms with E-state index < -0.39 is 32.5 Å². The van der Waals surface area contributed by atoms with Crippen LogP contribution in [0.3, 0.4) is 0 Å². The zero-order valence-corrected chi connectivity index (χ0v) is 42.2. The minimum Gasteiger partial charge on any atom is -0.756 e. The van der Waals surface area contributed by atoms with Gasteiger partial charge in [-0.05, 0) is 44.9 Å². The van der Waals surface area contributed by atoms with Crippen LogP contribution in [0, 0.1) is 0 Å². The minimum absolute atomic E-state index is 0.0309. The molecule has 0 aromatic rings. The molecule has 0 N–H and O–H groups in total. The second-order valence-corrected chi connectivity index (χ2v) is 20.3. The highest BCUT2D eigenvalue weighted by molar-refractivity contribution is 7.45. The fourth-order valence-electron chi connectivity index (χ4n) is 7.39. The summed E-state index contributed by atoms with van der Waals surface area (Å²) in [7, 11) is 1.17. The van der Waals surface area contributed by atoms with Crippen molar-refractivity contribution in [2.45, 2.75) is 251 Å². The highest BCUT2D eigenvalue weighted by Crippen LogP contribution is 2.38. The van der Waals surface area contributed by atoms with Crippen LogP contribution < -0.4 is 4.89 Å². The Morgan fingerprint density at radius 2 is 0.871 bits per heavy atom. The van der Waals surface area contributed by atoms with Gasteiger partial charge in [-0.15, -0.1) is 0 Å². The lowest BCUT2D eigenvalue weighted by Crippen LogP contribution is -2.37. The van der Waals surface area contributed by atoms with Crippen molar-refractivity contribution in [1.82, 2.24) is 0 Å². The fraction of sp³-hybridized carbons (Fsp3) is 0.885. The number of rotatable bonds is 48. The third-order valence-electron chi connectivity index (χ3n) is 11.5. The van der Waals surface area contributed by atoms with Crippen LogP contribution in [0.15, 0.2) is 24.3 Å². The van der Waals surface area contributed by atoms with Gasteiger partial charge in [0.25, 0.3) is 7.82 Å². The number of phosphoric ester groups is 1. The minimum atomic E-state index is -4.63. The first-order valence-electron chi connectivity index (χ1n) is 26.0. The Balaban J connectivity index is 4.19. The van der Waals surface area contributed by atoms with Gasteiger partial charge in [0.1, 0.15) is 19.8 Å². The molecule has 0 aromatic heterocycles. The molecule has 0 saturated heterocycles. The summed E-state index contributed by atoms with van der Waals surface area (Å²) in [6.45, 7) is 4.23. The number of carbonyl (C=O) groups excluding carboxylic acids is 2. The molecular weight excluding hydrogens is 798 g/mol. The molecule has 0 aliphatic carbocycles. The van der Waals surface area contributed by atoms with Gasteiger partial charge in [0.2, 0.25) is 0 Å². The summed E-state index contributed by atoms with van der Waals surface area (Å²) in [5.74, 6) is -0.838. The molecule has 2 atom stereocenters. The smallest absolute Gasteiger partial charge is 0.306 e. The van der Waals surface area contributed by atoms with Crippen LogP contribution in [0.2, 0.25) is 0 Å². The van der Waals surface area contributed by atoms with Crippen molar-refractivity contribution in [2.24, 2.45) is 0 Å². The van der Waals surface area contributed by atoms with Gasteiger partial charge in [-0.2, -0.15) is 0 Å². The van der Waals surface area contributed by atoms with Gasteiger partial charge < -0.3 is 27.9 Å². The number of unbranched alkanes of at least 4 members (excludes halogenated alkanes) is 30. The van der Waals surface area contributed by atoms with E-state index in [1.807, 2.05) is 21.1 Å². The molecule has 0 aromatic carbocycles. The monoisotopic (exact) mass is 898 g/mol. The Morgan fingerprint density at radius 1 is 0.500 bits per heavy atom. The van der Waals surface area contributed by atoms with Gasteiger partial charge >= 0.3 is 11.9 Å². The Kier molecular flexibility index (Phi) is 43.6. The van der Waals surface area contributed by atoms with E-state index in [4.69, 9.17) is 18.5 Å². The molecule has 0 radical (unpaired) electrons. The molecule has 0 bridgehead atoms. The second-order valence-electron chi connectivity index (χ2n) is 18.9. The first-order valence-corrected chi connectivity index (χ1v) is 27.5. The number of quaternary nitrogens is 1. The molecule has 0 saturated carbocycles. The number of hydrogen-bond acceptors (Lipinski definition) is 8. The number of ether oxygens (including phenoxy) is 2. The number of esters is 2. The molecular formula is C52H100NO8P. The first kappa shape index (κ1) is 60.5. The Hall–Kier alpha value is -1.51. The summed E-state index contributed by atoms with van der Waals surface area (Å²) in [6.07, 6.45) is 50.7. The van der Waals surface area contributed by atoms with Crippen LogP contribution >= 0.6 is 7.82 Å². The van der Waals surface area contributed by atoms with E-state index in [1.54, 1.807) is 0 Å². The highest BCUT2D eigenvalue weighted by Gasteiger charge is 2.21. The zero-order valence-electron chi connectivity index (χ0n) is 41.3. The average molecular weight is 898 g/mol. The Morgan fingerprint density at radius 3 is 1.31 bits per heavy atom. The third-order valence-corrected chi connectivity index (χ3v) is 12.4. The molecule has 9 nitrogen and oxygen atoms in total. The van der Waals surface area contributed by atoms with Crippen molar-refractivity contribution in [2.75, 3.05) is 47.5 Å². The molecule has 0 rings (SSSR count). The maximum Gasteiger partial charge on any atom is 0.306 e. The molecule has 0 heterocycles. The van der Waals surface area contributed by atoms with E-state index in [1.165, 1.54) is 154 Å². The summed E-state index contributed by atoms with van der Waals surface area (Å²) in [6, 6.07) is 0. The molecule has 62 heavy (non-hydrogen) atoms. The van der Waals surface area contributed by atoms with Crippen LogP contribution in [-0.4, -0.2) is 70.0 Å². The summed E-state index contributed by atoms with van der Waals surface area (Å²) in [5, 5.41) is 0. The predicted molar refractivity (Wildman–Crippen MR) is 259 cm³/mol. The van der Waals surface area contributed by atoms with E-state index in [9.17, 15) is 19.0 Å². The van der Waals surface area contributed by atoms with E-state index in [-0.39, 0.29) is 26.1 Å². The lowest BCUT2D eigenvalue weighted by atomic mass is 10.0. The van der Waals surface area contributed by atoms with Crippen LogP contribution in [0.5, 0.6) is 0 Å². The van der Waals surface area contributed by atoms with Crippen molar-refractivity contribution in [3.63, 3.8) is 0 Å².